The van der Waals surface area contributed by atoms with E-state index in [9.17, 15) is 9.59 Å². The maximum Gasteiger partial charge on any atom is 0.227 e. The molecule has 3 rings (SSSR count). The Morgan fingerprint density at radius 2 is 2.08 bits per heavy atom. The van der Waals surface area contributed by atoms with E-state index in [2.05, 4.69) is 15.5 Å². The quantitative estimate of drug-likeness (QED) is 0.817. The number of carbonyl (C=O) groups is 2. The smallest absolute Gasteiger partial charge is 0.227 e. The van der Waals surface area contributed by atoms with Gasteiger partial charge in [-0.15, -0.1) is 0 Å². The zero-order chi connectivity index (χ0) is 16.8. The Labute approximate surface area is 142 Å². The number of hydrogen-bond donors (Lipinski definition) is 2. The first-order valence-electron chi connectivity index (χ1n) is 8.68. The molecule has 130 valence electrons. The number of carbonyl (C=O) groups excluding carboxylic acids is 2. The maximum absolute atomic E-state index is 12.1. The van der Waals surface area contributed by atoms with Crippen LogP contribution in [0.4, 0.5) is 5.69 Å². The van der Waals surface area contributed by atoms with Gasteiger partial charge in [-0.2, -0.15) is 0 Å². The molecule has 0 radical (unpaired) electrons. The van der Waals surface area contributed by atoms with Crippen molar-refractivity contribution in [2.45, 2.75) is 19.3 Å². The molecule has 0 aliphatic carbocycles. The van der Waals surface area contributed by atoms with Crippen LogP contribution in [0.5, 0.6) is 0 Å². The maximum atomic E-state index is 12.1. The molecule has 2 amide bonds. The largest absolute Gasteiger partial charge is 0.379 e. The molecule has 1 atom stereocenters. The highest BCUT2D eigenvalue weighted by Gasteiger charge is 2.26. The normalized spacial score (nSPS) is 21.0. The number of amides is 2. The van der Waals surface area contributed by atoms with Gasteiger partial charge < -0.3 is 15.4 Å². The summed E-state index contributed by atoms with van der Waals surface area (Å²) in [6.07, 6.45) is 1.69. The van der Waals surface area contributed by atoms with Crippen LogP contribution >= 0.6 is 0 Å². The summed E-state index contributed by atoms with van der Waals surface area (Å²) in [6.45, 7) is 4.90. The number of ether oxygens (including phenoxy) is 1. The molecule has 2 N–H and O–H groups in total. The van der Waals surface area contributed by atoms with Crippen LogP contribution in [0.3, 0.4) is 0 Å². The first-order chi connectivity index (χ1) is 11.7. The Morgan fingerprint density at radius 3 is 2.92 bits per heavy atom. The van der Waals surface area contributed by atoms with Gasteiger partial charge in [-0.3, -0.25) is 14.5 Å². The average molecular weight is 331 g/mol. The third-order valence-electron chi connectivity index (χ3n) is 4.69. The van der Waals surface area contributed by atoms with Crippen molar-refractivity contribution in [3.05, 3.63) is 29.8 Å². The van der Waals surface area contributed by atoms with E-state index in [1.165, 1.54) is 0 Å². The van der Waals surface area contributed by atoms with E-state index >= 15 is 0 Å². The number of morpholine rings is 1. The van der Waals surface area contributed by atoms with Crippen LogP contribution in [0.25, 0.3) is 0 Å². The van der Waals surface area contributed by atoms with E-state index in [1.807, 2.05) is 24.3 Å². The molecule has 2 heterocycles. The second-order valence-electron chi connectivity index (χ2n) is 6.39. The second kappa shape index (κ2) is 8.26. The van der Waals surface area contributed by atoms with Crippen molar-refractivity contribution in [1.82, 2.24) is 10.2 Å². The van der Waals surface area contributed by atoms with Crippen molar-refractivity contribution in [2.24, 2.45) is 5.92 Å². The van der Waals surface area contributed by atoms with Gasteiger partial charge in [0.25, 0.3) is 0 Å². The molecule has 0 spiro atoms. The Balaban J connectivity index is 1.37. The summed E-state index contributed by atoms with van der Waals surface area (Å²) >= 11 is 0. The van der Waals surface area contributed by atoms with Gasteiger partial charge in [0.05, 0.1) is 13.2 Å². The number of para-hydroxylation sites is 1. The summed E-state index contributed by atoms with van der Waals surface area (Å²) in [5.74, 6) is -0.0744. The van der Waals surface area contributed by atoms with Gasteiger partial charge in [0, 0.05) is 44.2 Å². The molecule has 1 aromatic rings. The molecule has 0 saturated carbocycles. The van der Waals surface area contributed by atoms with Crippen LogP contribution in [0.1, 0.15) is 18.4 Å². The minimum atomic E-state index is -0.120. The Kier molecular flexibility index (Phi) is 5.82. The standard InChI is InChI=1S/C18H25N3O3/c22-17(19-7-8-21-9-11-24-12-10-21)6-5-15-13-14-3-1-2-4-16(14)20-18(15)23/h1-4,15H,5-13H2,(H,19,22)(H,20,23). The van der Waals surface area contributed by atoms with Gasteiger partial charge in [0.1, 0.15) is 0 Å². The summed E-state index contributed by atoms with van der Waals surface area (Å²) in [5.41, 5.74) is 2.04. The lowest BCUT2D eigenvalue weighted by atomic mass is 9.89. The fraction of sp³-hybridized carbons (Fsp3) is 0.556. The van der Waals surface area contributed by atoms with Crippen LogP contribution in [0.15, 0.2) is 24.3 Å². The minimum Gasteiger partial charge on any atom is -0.379 e. The number of hydrogen-bond acceptors (Lipinski definition) is 4. The van der Waals surface area contributed by atoms with Gasteiger partial charge in [-0.25, -0.2) is 0 Å². The lowest BCUT2D eigenvalue weighted by molar-refractivity contribution is -0.122. The molecule has 2 aliphatic heterocycles. The molecule has 24 heavy (non-hydrogen) atoms. The van der Waals surface area contributed by atoms with Crippen molar-refractivity contribution in [3.8, 4) is 0 Å². The summed E-state index contributed by atoms with van der Waals surface area (Å²) in [4.78, 5) is 26.4. The summed E-state index contributed by atoms with van der Waals surface area (Å²) in [7, 11) is 0. The van der Waals surface area contributed by atoms with Crippen molar-refractivity contribution < 1.29 is 14.3 Å². The van der Waals surface area contributed by atoms with Crippen LogP contribution in [-0.2, 0) is 20.7 Å². The third kappa shape index (κ3) is 4.55. The molecule has 0 bridgehead atoms. The Hall–Kier alpha value is -1.92. The van der Waals surface area contributed by atoms with Crippen molar-refractivity contribution >= 4 is 17.5 Å². The zero-order valence-electron chi connectivity index (χ0n) is 13.9. The van der Waals surface area contributed by atoms with Crippen LogP contribution < -0.4 is 10.6 Å². The van der Waals surface area contributed by atoms with E-state index in [1.54, 1.807) is 0 Å². The monoisotopic (exact) mass is 331 g/mol. The second-order valence-corrected chi connectivity index (χ2v) is 6.39. The lowest BCUT2D eigenvalue weighted by Gasteiger charge is -2.26. The fourth-order valence-corrected chi connectivity index (χ4v) is 3.22. The van der Waals surface area contributed by atoms with Gasteiger partial charge in [-0.1, -0.05) is 18.2 Å². The molecular formula is C18H25N3O3. The van der Waals surface area contributed by atoms with E-state index < -0.39 is 0 Å². The Morgan fingerprint density at radius 1 is 1.29 bits per heavy atom. The zero-order valence-corrected chi connectivity index (χ0v) is 13.9. The topological polar surface area (TPSA) is 70.7 Å². The van der Waals surface area contributed by atoms with E-state index in [0.29, 0.717) is 25.8 Å². The molecule has 2 aliphatic rings. The van der Waals surface area contributed by atoms with Crippen LogP contribution in [-0.4, -0.2) is 56.1 Å². The van der Waals surface area contributed by atoms with Gasteiger partial charge in [-0.05, 0) is 24.5 Å². The number of benzene rings is 1. The molecule has 1 saturated heterocycles. The first kappa shape index (κ1) is 16.9. The number of anilines is 1. The fourth-order valence-electron chi connectivity index (χ4n) is 3.22. The van der Waals surface area contributed by atoms with Crippen molar-refractivity contribution in [3.63, 3.8) is 0 Å². The number of rotatable bonds is 6. The van der Waals surface area contributed by atoms with Crippen LogP contribution in [0, 0.1) is 5.92 Å². The third-order valence-corrected chi connectivity index (χ3v) is 4.69. The van der Waals surface area contributed by atoms with Gasteiger partial charge >= 0.3 is 0 Å². The Bertz CT molecular complexity index is 585. The molecule has 1 unspecified atom stereocenters. The summed E-state index contributed by atoms with van der Waals surface area (Å²) in [5, 5.41) is 5.88. The predicted molar refractivity (Wildman–Crippen MR) is 91.8 cm³/mol. The average Bonchev–Trinajstić information content (AvgIpc) is 2.61. The molecule has 6 heteroatoms. The van der Waals surface area contributed by atoms with Gasteiger partial charge in [0.15, 0.2) is 0 Å². The molecule has 6 nitrogen and oxygen atoms in total. The number of nitrogens with zero attached hydrogens (tertiary/aromatic N) is 1. The summed E-state index contributed by atoms with van der Waals surface area (Å²) in [6, 6.07) is 7.85. The highest BCUT2D eigenvalue weighted by molar-refractivity contribution is 5.96. The first-order valence-corrected chi connectivity index (χ1v) is 8.68. The highest BCUT2D eigenvalue weighted by Crippen LogP contribution is 2.27. The lowest BCUT2D eigenvalue weighted by Crippen LogP contribution is -2.41. The van der Waals surface area contributed by atoms with E-state index in [4.69, 9.17) is 4.74 Å². The summed E-state index contributed by atoms with van der Waals surface area (Å²) < 4.78 is 5.30. The van der Waals surface area contributed by atoms with Gasteiger partial charge in [0.2, 0.25) is 11.8 Å². The van der Waals surface area contributed by atoms with E-state index in [0.717, 1.165) is 44.1 Å². The number of nitrogens with one attached hydrogen (secondary N) is 2. The SMILES string of the molecule is O=C(CCC1Cc2ccccc2NC1=O)NCCN1CCOCC1. The predicted octanol–water partition coefficient (Wildman–Crippen LogP) is 1.03. The minimum absolute atomic E-state index is 0.0230. The van der Waals surface area contributed by atoms with Crippen molar-refractivity contribution in [1.29, 1.82) is 0 Å². The molecule has 0 aromatic heterocycles. The molecule has 1 fully saturated rings. The van der Waals surface area contributed by atoms with Crippen molar-refractivity contribution in [2.75, 3.05) is 44.7 Å². The van der Waals surface area contributed by atoms with E-state index in [-0.39, 0.29) is 17.7 Å². The number of fused-ring (bicyclic) bond motifs is 1. The molecule has 1 aromatic carbocycles. The highest BCUT2D eigenvalue weighted by atomic mass is 16.5. The van der Waals surface area contributed by atoms with Crippen LogP contribution in [0.2, 0.25) is 0 Å². The molecular weight excluding hydrogens is 306 g/mol.